The molecule has 7 nitrogen and oxygen atoms in total. The van der Waals surface area contributed by atoms with E-state index in [2.05, 4.69) is 20.2 Å². The molecule has 0 bridgehead atoms. The maximum absolute atomic E-state index is 12.5. The zero-order valence-electron chi connectivity index (χ0n) is 16.7. The van der Waals surface area contributed by atoms with Crippen LogP contribution in [0.25, 0.3) is 11.3 Å². The second-order valence-electron chi connectivity index (χ2n) is 6.98. The summed E-state index contributed by atoms with van der Waals surface area (Å²) in [6.45, 7) is 1.89. The van der Waals surface area contributed by atoms with Crippen molar-refractivity contribution in [2.75, 3.05) is 10.0 Å². The summed E-state index contributed by atoms with van der Waals surface area (Å²) in [5.41, 5.74) is 3.80. The fourth-order valence-electron chi connectivity index (χ4n) is 2.95. The first-order chi connectivity index (χ1) is 14.9. The molecule has 31 heavy (non-hydrogen) atoms. The maximum Gasteiger partial charge on any atom is 0.273 e. The Morgan fingerprint density at radius 1 is 0.871 bits per heavy atom. The fourth-order valence-corrected chi connectivity index (χ4v) is 4.00. The average Bonchev–Trinajstić information content (AvgIpc) is 3.26. The molecule has 4 aromatic rings. The van der Waals surface area contributed by atoms with Gasteiger partial charge < -0.3 is 5.32 Å². The number of anilines is 2. The minimum Gasteiger partial charge on any atom is -0.321 e. The minimum atomic E-state index is -3.68. The molecule has 156 valence electrons. The van der Waals surface area contributed by atoms with Gasteiger partial charge in [0.25, 0.3) is 15.9 Å². The smallest absolute Gasteiger partial charge is 0.273 e. The summed E-state index contributed by atoms with van der Waals surface area (Å²) in [4.78, 5) is 12.7. The maximum atomic E-state index is 12.5. The van der Waals surface area contributed by atoms with Crippen LogP contribution in [0, 0.1) is 6.92 Å². The second kappa shape index (κ2) is 8.45. The van der Waals surface area contributed by atoms with Crippen molar-refractivity contribution in [1.82, 2.24) is 10.2 Å². The lowest BCUT2D eigenvalue weighted by Gasteiger charge is -2.09. The van der Waals surface area contributed by atoms with Crippen LogP contribution >= 0.6 is 0 Å². The van der Waals surface area contributed by atoms with Crippen LogP contribution in [0.15, 0.2) is 89.8 Å². The third-order valence-corrected chi connectivity index (χ3v) is 6.02. The van der Waals surface area contributed by atoms with Crippen molar-refractivity contribution in [3.8, 4) is 11.3 Å². The number of carbonyl (C=O) groups is 1. The zero-order chi connectivity index (χ0) is 21.8. The highest BCUT2D eigenvalue weighted by Gasteiger charge is 2.14. The van der Waals surface area contributed by atoms with Crippen molar-refractivity contribution in [2.24, 2.45) is 0 Å². The molecule has 1 heterocycles. The molecule has 0 saturated carbocycles. The van der Waals surface area contributed by atoms with Crippen LogP contribution < -0.4 is 10.0 Å². The van der Waals surface area contributed by atoms with Gasteiger partial charge in [0.05, 0.1) is 10.6 Å². The molecule has 3 aromatic carbocycles. The van der Waals surface area contributed by atoms with Gasteiger partial charge in [-0.3, -0.25) is 14.6 Å². The number of sulfonamides is 1. The number of aromatic amines is 1. The van der Waals surface area contributed by atoms with Crippen molar-refractivity contribution in [2.45, 2.75) is 11.8 Å². The number of benzene rings is 3. The summed E-state index contributed by atoms with van der Waals surface area (Å²) < 4.78 is 27.5. The lowest BCUT2D eigenvalue weighted by Crippen LogP contribution is -2.14. The molecule has 3 N–H and O–H groups in total. The van der Waals surface area contributed by atoms with E-state index < -0.39 is 10.0 Å². The Morgan fingerprint density at radius 2 is 1.52 bits per heavy atom. The summed E-state index contributed by atoms with van der Waals surface area (Å²) in [5, 5.41) is 9.67. The third-order valence-electron chi connectivity index (χ3n) is 4.62. The molecule has 0 aliphatic carbocycles. The Hall–Kier alpha value is -3.91. The summed E-state index contributed by atoms with van der Waals surface area (Å²) in [6.07, 6.45) is 0. The van der Waals surface area contributed by atoms with Crippen molar-refractivity contribution in [3.63, 3.8) is 0 Å². The monoisotopic (exact) mass is 432 g/mol. The van der Waals surface area contributed by atoms with Crippen LogP contribution in [0.2, 0.25) is 0 Å². The van der Waals surface area contributed by atoms with Gasteiger partial charge in [0, 0.05) is 16.9 Å². The predicted octanol–water partition coefficient (Wildman–Crippen LogP) is 4.44. The quantitative estimate of drug-likeness (QED) is 0.419. The predicted molar refractivity (Wildman–Crippen MR) is 120 cm³/mol. The molecular weight excluding hydrogens is 412 g/mol. The molecule has 0 atom stereocenters. The van der Waals surface area contributed by atoms with Gasteiger partial charge in [-0.1, -0.05) is 48.0 Å². The summed E-state index contributed by atoms with van der Waals surface area (Å²) >= 11 is 0. The minimum absolute atomic E-state index is 0.184. The van der Waals surface area contributed by atoms with Gasteiger partial charge >= 0.3 is 0 Å². The largest absolute Gasteiger partial charge is 0.321 e. The lowest BCUT2D eigenvalue weighted by atomic mass is 10.1. The van der Waals surface area contributed by atoms with Gasteiger partial charge in [0.15, 0.2) is 0 Å². The van der Waals surface area contributed by atoms with Crippen LogP contribution in [0.1, 0.15) is 16.1 Å². The first-order valence-corrected chi connectivity index (χ1v) is 11.0. The Labute approximate surface area is 180 Å². The number of H-pyrrole nitrogens is 1. The van der Waals surface area contributed by atoms with Crippen LogP contribution in [-0.4, -0.2) is 24.5 Å². The number of rotatable bonds is 6. The standard InChI is InChI=1S/C23H20N4O3S/c1-16-7-13-20(14-8-16)31(29,30)27-19-11-9-18(10-12-19)24-23(28)22-15-21(25-26-22)17-5-3-2-4-6-17/h2-15,27H,1H3,(H,24,28)(H,25,26). The van der Waals surface area contributed by atoms with Gasteiger partial charge in [-0.25, -0.2) is 8.42 Å². The molecule has 0 aliphatic heterocycles. The number of aryl methyl sites for hydroxylation is 1. The molecule has 0 unspecified atom stereocenters. The van der Waals surface area contributed by atoms with Crippen LogP contribution in [-0.2, 0) is 10.0 Å². The van der Waals surface area contributed by atoms with Crippen molar-refractivity contribution in [3.05, 3.63) is 96.2 Å². The van der Waals surface area contributed by atoms with Gasteiger partial charge in [-0.05, 0) is 49.4 Å². The molecule has 4 rings (SSSR count). The highest BCUT2D eigenvalue weighted by Crippen LogP contribution is 2.20. The normalized spacial score (nSPS) is 11.1. The van der Waals surface area contributed by atoms with Crippen LogP contribution in [0.5, 0.6) is 0 Å². The molecule has 0 fully saturated rings. The Bertz CT molecular complexity index is 1300. The van der Waals surface area contributed by atoms with Gasteiger partial charge in [0.1, 0.15) is 5.69 Å². The van der Waals surface area contributed by atoms with Crippen molar-refractivity contribution >= 4 is 27.3 Å². The van der Waals surface area contributed by atoms with E-state index in [1.807, 2.05) is 37.3 Å². The fraction of sp³-hybridized carbons (Fsp3) is 0.0435. The first-order valence-electron chi connectivity index (χ1n) is 9.52. The molecule has 8 heteroatoms. The van der Waals surface area contributed by atoms with E-state index in [1.165, 1.54) is 0 Å². The van der Waals surface area contributed by atoms with Crippen LogP contribution in [0.4, 0.5) is 11.4 Å². The lowest BCUT2D eigenvalue weighted by molar-refractivity contribution is 0.102. The number of nitrogens with zero attached hydrogens (tertiary/aromatic N) is 1. The molecule has 1 amide bonds. The third kappa shape index (κ3) is 4.81. The highest BCUT2D eigenvalue weighted by molar-refractivity contribution is 7.92. The highest BCUT2D eigenvalue weighted by atomic mass is 32.2. The van der Waals surface area contributed by atoms with Gasteiger partial charge in [0.2, 0.25) is 0 Å². The number of aromatic nitrogens is 2. The van der Waals surface area contributed by atoms with E-state index >= 15 is 0 Å². The summed E-state index contributed by atoms with van der Waals surface area (Å²) in [6, 6.07) is 24.2. The molecule has 0 saturated heterocycles. The zero-order valence-corrected chi connectivity index (χ0v) is 17.5. The SMILES string of the molecule is Cc1ccc(S(=O)(=O)Nc2ccc(NC(=O)c3cc(-c4ccccc4)n[nH]3)cc2)cc1. The second-order valence-corrected chi connectivity index (χ2v) is 8.67. The van der Waals surface area contributed by atoms with Gasteiger partial charge in [-0.15, -0.1) is 0 Å². The van der Waals surface area contributed by atoms with Crippen LogP contribution in [0.3, 0.4) is 0 Å². The Morgan fingerprint density at radius 3 is 2.19 bits per heavy atom. The average molecular weight is 433 g/mol. The summed E-state index contributed by atoms with van der Waals surface area (Å²) in [5.74, 6) is -0.345. The first kappa shape index (κ1) is 20.4. The van der Waals surface area contributed by atoms with E-state index in [9.17, 15) is 13.2 Å². The van der Waals surface area contributed by atoms with Crippen molar-refractivity contribution in [1.29, 1.82) is 0 Å². The number of hydrogen-bond acceptors (Lipinski definition) is 4. The van der Waals surface area contributed by atoms with E-state index in [0.29, 0.717) is 22.8 Å². The molecule has 0 aliphatic rings. The van der Waals surface area contributed by atoms with Crippen molar-refractivity contribution < 1.29 is 13.2 Å². The topological polar surface area (TPSA) is 104 Å². The number of carbonyl (C=O) groups excluding carboxylic acids is 1. The molecule has 0 radical (unpaired) electrons. The molecule has 0 spiro atoms. The Kier molecular flexibility index (Phi) is 5.55. The molecule has 1 aromatic heterocycles. The van der Waals surface area contributed by atoms with E-state index in [-0.39, 0.29) is 10.8 Å². The van der Waals surface area contributed by atoms with E-state index in [1.54, 1.807) is 54.6 Å². The number of amides is 1. The Balaban J connectivity index is 1.42. The summed E-state index contributed by atoms with van der Waals surface area (Å²) in [7, 11) is -3.68. The van der Waals surface area contributed by atoms with Gasteiger partial charge in [-0.2, -0.15) is 5.10 Å². The van der Waals surface area contributed by atoms with E-state index in [4.69, 9.17) is 0 Å². The van der Waals surface area contributed by atoms with E-state index in [0.717, 1.165) is 11.1 Å². The number of hydrogen-bond donors (Lipinski definition) is 3. The number of nitrogens with one attached hydrogen (secondary N) is 3. The molecular formula is C23H20N4O3S.